The molecule has 3 nitrogen and oxygen atoms in total. The van der Waals surface area contributed by atoms with E-state index in [0.29, 0.717) is 0 Å². The van der Waals surface area contributed by atoms with Crippen LogP contribution in [-0.2, 0) is 9.53 Å². The van der Waals surface area contributed by atoms with E-state index in [-0.39, 0.29) is 6.10 Å². The van der Waals surface area contributed by atoms with Gasteiger partial charge in [-0.05, 0) is 20.3 Å². The number of rotatable bonds is 3. The van der Waals surface area contributed by atoms with E-state index in [2.05, 4.69) is 0 Å². The predicted octanol–water partition coefficient (Wildman–Crippen LogP) is 0.709. The Kier molecular flexibility index (Phi) is 4.03. The lowest BCUT2D eigenvalue weighted by molar-refractivity contribution is -0.157. The van der Waals surface area contributed by atoms with Crippen LogP contribution in [0.25, 0.3) is 0 Å². The van der Waals surface area contributed by atoms with Gasteiger partial charge in [0.1, 0.15) is 6.10 Å². The minimum atomic E-state index is -1.01. The summed E-state index contributed by atoms with van der Waals surface area (Å²) in [5, 5.41) is 8.69. The number of aliphatic hydroxyl groups excluding tert-OH is 1. The summed E-state index contributed by atoms with van der Waals surface area (Å²) < 4.78 is 4.77. The normalized spacial score (nSPS) is 16.0. The van der Waals surface area contributed by atoms with Crippen LogP contribution < -0.4 is 0 Å². The first kappa shape index (κ1) is 9.43. The van der Waals surface area contributed by atoms with Crippen molar-refractivity contribution in [2.45, 2.75) is 39.4 Å². The van der Waals surface area contributed by atoms with Gasteiger partial charge in [0, 0.05) is 0 Å². The Morgan fingerprint density at radius 1 is 1.60 bits per heavy atom. The second kappa shape index (κ2) is 4.28. The highest BCUT2D eigenvalue weighted by atomic mass is 16.6. The monoisotopic (exact) mass is 146 g/mol. The minimum absolute atomic E-state index is 0.0953. The highest BCUT2D eigenvalue weighted by Gasteiger charge is 2.12. The second-order valence-electron chi connectivity index (χ2n) is 2.33. The van der Waals surface area contributed by atoms with Crippen molar-refractivity contribution in [3.8, 4) is 0 Å². The zero-order valence-electron chi connectivity index (χ0n) is 6.63. The first-order valence-corrected chi connectivity index (χ1v) is 3.46. The van der Waals surface area contributed by atoms with Crippen molar-refractivity contribution in [2.24, 2.45) is 0 Å². The Morgan fingerprint density at radius 3 is 2.40 bits per heavy atom. The van der Waals surface area contributed by atoms with Crippen molar-refractivity contribution < 1.29 is 14.6 Å². The molecule has 0 saturated heterocycles. The molecule has 0 aliphatic heterocycles. The predicted molar refractivity (Wildman–Crippen MR) is 37.5 cm³/mol. The summed E-state index contributed by atoms with van der Waals surface area (Å²) in [5.74, 6) is -0.547. The van der Waals surface area contributed by atoms with Crippen molar-refractivity contribution >= 4 is 5.97 Å². The second-order valence-corrected chi connectivity index (χ2v) is 2.33. The summed E-state index contributed by atoms with van der Waals surface area (Å²) in [6.07, 6.45) is -0.325. The molecule has 0 fully saturated rings. The van der Waals surface area contributed by atoms with Crippen LogP contribution in [0, 0.1) is 0 Å². The highest BCUT2D eigenvalue weighted by Crippen LogP contribution is 1.98. The lowest BCUT2D eigenvalue weighted by Gasteiger charge is -2.11. The number of carbonyl (C=O) groups excluding carboxylic acids is 1. The molecule has 0 amide bonds. The summed E-state index contributed by atoms with van der Waals surface area (Å²) >= 11 is 0. The Hall–Kier alpha value is -0.570. The number of hydrogen-bond acceptors (Lipinski definition) is 3. The molecule has 1 N–H and O–H groups in total. The van der Waals surface area contributed by atoms with Gasteiger partial charge in [-0.25, -0.2) is 4.79 Å². The van der Waals surface area contributed by atoms with Gasteiger partial charge in [-0.15, -0.1) is 0 Å². The number of aliphatic hydroxyl groups is 1. The molecular weight excluding hydrogens is 132 g/mol. The third-order valence-corrected chi connectivity index (χ3v) is 1.23. The molecule has 0 rings (SSSR count). The molecule has 0 aromatic heterocycles. The van der Waals surface area contributed by atoms with Gasteiger partial charge < -0.3 is 9.84 Å². The Bertz CT molecular complexity index is 109. The van der Waals surface area contributed by atoms with E-state index in [1.807, 2.05) is 6.92 Å². The van der Waals surface area contributed by atoms with Gasteiger partial charge >= 0.3 is 5.97 Å². The quantitative estimate of drug-likeness (QED) is 0.596. The van der Waals surface area contributed by atoms with Crippen LogP contribution in [0.5, 0.6) is 0 Å². The van der Waals surface area contributed by atoms with Gasteiger partial charge in [0.15, 0.2) is 0 Å². The van der Waals surface area contributed by atoms with E-state index < -0.39 is 12.1 Å². The zero-order valence-corrected chi connectivity index (χ0v) is 6.63. The van der Waals surface area contributed by atoms with E-state index in [0.717, 1.165) is 6.42 Å². The molecule has 60 valence electrons. The fourth-order valence-electron chi connectivity index (χ4n) is 0.380. The maximum Gasteiger partial charge on any atom is 0.334 e. The van der Waals surface area contributed by atoms with Gasteiger partial charge in [-0.2, -0.15) is 0 Å². The number of carbonyl (C=O) groups is 1. The Balaban J connectivity index is 3.57. The van der Waals surface area contributed by atoms with Gasteiger partial charge in [-0.3, -0.25) is 0 Å². The zero-order chi connectivity index (χ0) is 8.15. The molecule has 0 aliphatic carbocycles. The smallest absolute Gasteiger partial charge is 0.334 e. The van der Waals surface area contributed by atoms with E-state index in [9.17, 15) is 4.79 Å². The third-order valence-electron chi connectivity index (χ3n) is 1.23. The first-order chi connectivity index (χ1) is 4.57. The van der Waals surface area contributed by atoms with Crippen LogP contribution in [0.1, 0.15) is 27.2 Å². The van der Waals surface area contributed by atoms with Crippen LogP contribution in [-0.4, -0.2) is 23.3 Å². The summed E-state index contributed by atoms with van der Waals surface area (Å²) in [4.78, 5) is 10.6. The van der Waals surface area contributed by atoms with Crippen LogP contribution in [0.3, 0.4) is 0 Å². The lowest BCUT2D eigenvalue weighted by atomic mass is 10.3. The molecule has 0 saturated carbocycles. The topological polar surface area (TPSA) is 46.5 Å². The summed E-state index contributed by atoms with van der Waals surface area (Å²) in [5.41, 5.74) is 0. The number of hydrogen-bond donors (Lipinski definition) is 1. The molecule has 0 spiro atoms. The van der Waals surface area contributed by atoms with Crippen LogP contribution in [0.4, 0.5) is 0 Å². The van der Waals surface area contributed by atoms with Crippen molar-refractivity contribution in [1.82, 2.24) is 0 Å². The van der Waals surface area contributed by atoms with Crippen molar-refractivity contribution in [1.29, 1.82) is 0 Å². The molecule has 2 atom stereocenters. The van der Waals surface area contributed by atoms with Crippen molar-refractivity contribution in [3.05, 3.63) is 0 Å². The standard InChI is InChI=1S/C7H14O3/c1-4-5(2)10-7(9)6(3)8/h5-6,8H,4H2,1-3H3/t5-,6-/m0/s1. The molecule has 0 unspecified atom stereocenters. The van der Waals surface area contributed by atoms with Crippen LogP contribution >= 0.6 is 0 Å². The van der Waals surface area contributed by atoms with E-state index in [4.69, 9.17) is 9.84 Å². The SMILES string of the molecule is CC[C@H](C)OC(=O)[C@H](C)O. The fraction of sp³-hybridized carbons (Fsp3) is 0.857. The average molecular weight is 146 g/mol. The molecule has 3 heteroatoms. The van der Waals surface area contributed by atoms with Gasteiger partial charge in [0.2, 0.25) is 0 Å². The van der Waals surface area contributed by atoms with Gasteiger partial charge in [0.25, 0.3) is 0 Å². The highest BCUT2D eigenvalue weighted by molar-refractivity contribution is 5.73. The molecule has 0 radical (unpaired) electrons. The number of ether oxygens (including phenoxy) is 1. The Morgan fingerprint density at radius 2 is 2.10 bits per heavy atom. The summed E-state index contributed by atoms with van der Waals surface area (Å²) in [6.45, 7) is 5.10. The number of esters is 1. The molecular formula is C7H14O3. The average Bonchev–Trinajstić information content (AvgIpc) is 1.87. The van der Waals surface area contributed by atoms with E-state index in [1.165, 1.54) is 6.92 Å². The maximum atomic E-state index is 10.6. The van der Waals surface area contributed by atoms with Crippen molar-refractivity contribution in [2.75, 3.05) is 0 Å². The van der Waals surface area contributed by atoms with Gasteiger partial charge in [-0.1, -0.05) is 6.92 Å². The third kappa shape index (κ3) is 3.45. The molecule has 0 bridgehead atoms. The minimum Gasteiger partial charge on any atom is -0.461 e. The Labute approximate surface area is 61.0 Å². The lowest BCUT2D eigenvalue weighted by Crippen LogP contribution is -2.23. The summed E-state index contributed by atoms with van der Waals surface area (Å²) in [6, 6.07) is 0. The molecule has 0 heterocycles. The molecule has 10 heavy (non-hydrogen) atoms. The molecule has 0 aromatic carbocycles. The first-order valence-electron chi connectivity index (χ1n) is 3.46. The van der Waals surface area contributed by atoms with Gasteiger partial charge in [0.05, 0.1) is 6.10 Å². The largest absolute Gasteiger partial charge is 0.461 e. The van der Waals surface area contributed by atoms with Crippen molar-refractivity contribution in [3.63, 3.8) is 0 Å². The van der Waals surface area contributed by atoms with E-state index in [1.54, 1.807) is 6.92 Å². The van der Waals surface area contributed by atoms with Crippen LogP contribution in [0.15, 0.2) is 0 Å². The fourth-order valence-corrected chi connectivity index (χ4v) is 0.380. The molecule has 0 aromatic rings. The molecule has 0 aliphatic rings. The van der Waals surface area contributed by atoms with Crippen LogP contribution in [0.2, 0.25) is 0 Å². The maximum absolute atomic E-state index is 10.6. The van der Waals surface area contributed by atoms with E-state index >= 15 is 0 Å². The summed E-state index contributed by atoms with van der Waals surface area (Å²) in [7, 11) is 0.